The van der Waals surface area contributed by atoms with E-state index < -0.39 is 12.2 Å². The first-order valence-electron chi connectivity index (χ1n) is 5.66. The van der Waals surface area contributed by atoms with Crippen LogP contribution in [-0.4, -0.2) is 16.3 Å². The molecule has 2 atom stereocenters. The van der Waals surface area contributed by atoms with Crippen LogP contribution in [0.2, 0.25) is 0 Å². The zero-order chi connectivity index (χ0) is 10.8. The second-order valence-corrected chi connectivity index (χ2v) is 4.42. The Hall–Kier alpha value is -0.860. The van der Waals surface area contributed by atoms with E-state index in [0.29, 0.717) is 0 Å². The predicted molar refractivity (Wildman–Crippen MR) is 59.7 cm³/mol. The third-order valence-corrected chi connectivity index (χ3v) is 3.17. The average molecular weight is 206 g/mol. The number of benzene rings is 1. The van der Waals surface area contributed by atoms with Gasteiger partial charge in [-0.15, -0.1) is 0 Å². The van der Waals surface area contributed by atoms with Gasteiger partial charge in [0, 0.05) is 0 Å². The molecule has 0 fully saturated rings. The second kappa shape index (κ2) is 4.33. The Morgan fingerprint density at radius 2 is 1.73 bits per heavy atom. The Morgan fingerprint density at radius 3 is 2.40 bits per heavy atom. The highest BCUT2D eigenvalue weighted by Gasteiger charge is 2.16. The maximum Gasteiger partial charge on any atom is 0.105 e. The SMILES string of the molecule is CC(O)C(O)c1ccc2c(c1)CCCC2. The molecule has 0 radical (unpaired) electrons. The van der Waals surface area contributed by atoms with Crippen LogP contribution >= 0.6 is 0 Å². The van der Waals surface area contributed by atoms with Crippen molar-refractivity contribution in [3.05, 3.63) is 34.9 Å². The summed E-state index contributed by atoms with van der Waals surface area (Å²) in [5.74, 6) is 0. The van der Waals surface area contributed by atoms with Crippen molar-refractivity contribution in [3.8, 4) is 0 Å². The number of fused-ring (bicyclic) bond motifs is 1. The molecule has 1 aliphatic carbocycles. The number of aliphatic hydroxyl groups is 2. The molecule has 2 nitrogen and oxygen atoms in total. The molecule has 0 saturated heterocycles. The first-order valence-corrected chi connectivity index (χ1v) is 5.66. The van der Waals surface area contributed by atoms with Gasteiger partial charge in [-0.25, -0.2) is 0 Å². The fourth-order valence-electron chi connectivity index (χ4n) is 2.22. The summed E-state index contributed by atoms with van der Waals surface area (Å²) in [6.07, 6.45) is 3.31. The van der Waals surface area contributed by atoms with E-state index in [1.54, 1.807) is 6.92 Å². The average Bonchev–Trinajstić information content (AvgIpc) is 2.27. The van der Waals surface area contributed by atoms with Crippen molar-refractivity contribution in [1.82, 2.24) is 0 Å². The lowest BCUT2D eigenvalue weighted by Crippen LogP contribution is -2.14. The van der Waals surface area contributed by atoms with Crippen LogP contribution in [0.5, 0.6) is 0 Å². The Morgan fingerprint density at radius 1 is 1.07 bits per heavy atom. The smallest absolute Gasteiger partial charge is 0.105 e. The molecule has 0 aromatic heterocycles. The minimum absolute atomic E-state index is 0.702. The molecule has 0 spiro atoms. The lowest BCUT2D eigenvalue weighted by molar-refractivity contribution is 0.0305. The van der Waals surface area contributed by atoms with Gasteiger partial charge in [-0.3, -0.25) is 0 Å². The number of hydrogen-bond donors (Lipinski definition) is 2. The van der Waals surface area contributed by atoms with Crippen LogP contribution in [0.25, 0.3) is 0 Å². The van der Waals surface area contributed by atoms with E-state index in [9.17, 15) is 10.2 Å². The molecule has 2 N–H and O–H groups in total. The number of hydrogen-bond acceptors (Lipinski definition) is 2. The highest BCUT2D eigenvalue weighted by atomic mass is 16.3. The predicted octanol–water partition coefficient (Wildman–Crippen LogP) is 1.98. The van der Waals surface area contributed by atoms with Crippen LogP contribution in [0.4, 0.5) is 0 Å². The van der Waals surface area contributed by atoms with Gasteiger partial charge in [-0.1, -0.05) is 18.2 Å². The van der Waals surface area contributed by atoms with Crippen LogP contribution < -0.4 is 0 Å². The molecule has 2 rings (SSSR count). The maximum absolute atomic E-state index is 9.75. The van der Waals surface area contributed by atoms with Gasteiger partial charge < -0.3 is 10.2 Å². The first kappa shape index (κ1) is 10.7. The summed E-state index contributed by atoms with van der Waals surface area (Å²) in [4.78, 5) is 0. The summed E-state index contributed by atoms with van der Waals surface area (Å²) < 4.78 is 0. The molecule has 0 amide bonds. The minimum Gasteiger partial charge on any atom is -0.390 e. The number of aliphatic hydroxyl groups excluding tert-OH is 2. The lowest BCUT2D eigenvalue weighted by atomic mass is 9.89. The third kappa shape index (κ3) is 2.21. The monoisotopic (exact) mass is 206 g/mol. The summed E-state index contributed by atoms with van der Waals surface area (Å²) in [6, 6.07) is 6.07. The first-order chi connectivity index (χ1) is 7.18. The Labute approximate surface area is 90.6 Å². The van der Waals surface area contributed by atoms with Gasteiger partial charge in [-0.2, -0.15) is 0 Å². The van der Waals surface area contributed by atoms with Crippen molar-refractivity contribution in [2.24, 2.45) is 0 Å². The van der Waals surface area contributed by atoms with Crippen molar-refractivity contribution >= 4 is 0 Å². The molecule has 0 aliphatic heterocycles. The summed E-state index contributed by atoms with van der Waals surface area (Å²) >= 11 is 0. The zero-order valence-corrected chi connectivity index (χ0v) is 9.11. The molecule has 2 heteroatoms. The van der Waals surface area contributed by atoms with Crippen molar-refractivity contribution < 1.29 is 10.2 Å². The van der Waals surface area contributed by atoms with Gasteiger partial charge in [0.2, 0.25) is 0 Å². The minimum atomic E-state index is -0.753. The molecule has 0 heterocycles. The van der Waals surface area contributed by atoms with E-state index in [-0.39, 0.29) is 0 Å². The second-order valence-electron chi connectivity index (χ2n) is 4.42. The highest BCUT2D eigenvalue weighted by Crippen LogP contribution is 2.25. The molecule has 0 saturated carbocycles. The molecule has 1 aromatic carbocycles. The van der Waals surface area contributed by atoms with Gasteiger partial charge in [0.25, 0.3) is 0 Å². The molecular formula is C13H18O2. The molecule has 0 bridgehead atoms. The largest absolute Gasteiger partial charge is 0.390 e. The summed E-state index contributed by atoms with van der Waals surface area (Å²) in [5.41, 5.74) is 3.59. The zero-order valence-electron chi connectivity index (χ0n) is 9.11. The molecule has 1 aliphatic rings. The van der Waals surface area contributed by atoms with Crippen molar-refractivity contribution in [1.29, 1.82) is 0 Å². The molecular weight excluding hydrogens is 188 g/mol. The topological polar surface area (TPSA) is 40.5 Å². The van der Waals surface area contributed by atoms with Crippen LogP contribution in [0.15, 0.2) is 18.2 Å². The van der Waals surface area contributed by atoms with Crippen molar-refractivity contribution in [2.75, 3.05) is 0 Å². The highest BCUT2D eigenvalue weighted by molar-refractivity contribution is 5.35. The molecule has 15 heavy (non-hydrogen) atoms. The third-order valence-electron chi connectivity index (χ3n) is 3.17. The normalized spacial score (nSPS) is 19.4. The van der Waals surface area contributed by atoms with E-state index >= 15 is 0 Å². The number of aryl methyl sites for hydroxylation is 2. The quantitative estimate of drug-likeness (QED) is 0.776. The summed E-state index contributed by atoms with van der Waals surface area (Å²) in [6.45, 7) is 1.62. The van der Waals surface area contributed by atoms with Gasteiger partial charge in [0.1, 0.15) is 6.10 Å². The maximum atomic E-state index is 9.75. The number of rotatable bonds is 2. The lowest BCUT2D eigenvalue weighted by Gasteiger charge is -2.19. The van der Waals surface area contributed by atoms with E-state index in [4.69, 9.17) is 0 Å². The Balaban J connectivity index is 2.27. The van der Waals surface area contributed by atoms with Crippen LogP contribution in [0.1, 0.15) is 42.6 Å². The molecule has 1 aromatic rings. The van der Waals surface area contributed by atoms with Crippen LogP contribution in [0.3, 0.4) is 0 Å². The van der Waals surface area contributed by atoms with Crippen LogP contribution in [0, 0.1) is 0 Å². The van der Waals surface area contributed by atoms with Crippen LogP contribution in [-0.2, 0) is 12.8 Å². The van der Waals surface area contributed by atoms with Gasteiger partial charge in [0.15, 0.2) is 0 Å². The Kier molecular flexibility index (Phi) is 3.08. The fourth-order valence-corrected chi connectivity index (χ4v) is 2.22. The van der Waals surface area contributed by atoms with Gasteiger partial charge in [-0.05, 0) is 49.3 Å². The van der Waals surface area contributed by atoms with Gasteiger partial charge in [0.05, 0.1) is 6.10 Å². The standard InChI is InChI=1S/C13H18O2/c1-9(14)13(15)12-7-6-10-4-2-3-5-11(10)8-12/h6-9,13-15H,2-5H2,1H3. The fraction of sp³-hybridized carbons (Fsp3) is 0.538. The molecule has 2 unspecified atom stereocenters. The Bertz CT molecular complexity index is 344. The van der Waals surface area contributed by atoms with Crippen molar-refractivity contribution in [2.45, 2.75) is 44.8 Å². The van der Waals surface area contributed by atoms with E-state index in [1.165, 1.54) is 24.0 Å². The van der Waals surface area contributed by atoms with Crippen molar-refractivity contribution in [3.63, 3.8) is 0 Å². The van der Waals surface area contributed by atoms with Gasteiger partial charge >= 0.3 is 0 Å². The summed E-state index contributed by atoms with van der Waals surface area (Å²) in [5, 5.41) is 19.1. The molecule has 82 valence electrons. The van der Waals surface area contributed by atoms with E-state index in [1.807, 2.05) is 12.1 Å². The van der Waals surface area contributed by atoms with E-state index in [2.05, 4.69) is 6.07 Å². The van der Waals surface area contributed by atoms with E-state index in [0.717, 1.165) is 18.4 Å². The summed E-state index contributed by atoms with van der Waals surface area (Å²) in [7, 11) is 0.